The Labute approximate surface area is 194 Å². The summed E-state index contributed by atoms with van der Waals surface area (Å²) in [4.78, 5) is 31.9. The second kappa shape index (κ2) is 11.5. The summed E-state index contributed by atoms with van der Waals surface area (Å²) >= 11 is 0. The molecule has 0 aliphatic carbocycles. The number of halogens is 1. The number of ether oxygens (including phenoxy) is 1. The summed E-state index contributed by atoms with van der Waals surface area (Å²) in [5.74, 6) is 0.276. The summed E-state index contributed by atoms with van der Waals surface area (Å²) in [6.45, 7) is 4.14. The molecule has 1 saturated heterocycles. The second-order valence-corrected chi connectivity index (χ2v) is 9.42. The van der Waals surface area contributed by atoms with Gasteiger partial charge in [0, 0.05) is 12.2 Å². The minimum atomic E-state index is -3.89. The number of nitrogens with one attached hydrogen (secondary N) is 1. The van der Waals surface area contributed by atoms with Crippen molar-refractivity contribution in [1.29, 1.82) is 0 Å². The van der Waals surface area contributed by atoms with Gasteiger partial charge in [-0.05, 0) is 39.0 Å². The number of aromatic nitrogens is 2. The molecule has 5 atom stereocenters. The lowest BCUT2D eigenvalue weighted by Gasteiger charge is -2.25. The van der Waals surface area contributed by atoms with Gasteiger partial charge in [-0.3, -0.25) is 9.09 Å². The number of aliphatic hydroxyl groups excluding tert-OH is 1. The van der Waals surface area contributed by atoms with Crippen LogP contribution in [0.15, 0.2) is 47.4 Å². The first kappa shape index (κ1) is 27.3. The van der Waals surface area contributed by atoms with Gasteiger partial charge in [-0.15, -0.1) is 0 Å². The van der Waals surface area contributed by atoms with Crippen LogP contribution in [0.4, 0.5) is 10.2 Å². The van der Waals surface area contributed by atoms with Crippen LogP contribution in [0, 0.1) is 0 Å². The van der Waals surface area contributed by atoms with Gasteiger partial charge in [0.2, 0.25) is 0 Å². The molecule has 2 heterocycles. The zero-order valence-corrected chi connectivity index (χ0v) is 19.6. The minimum Gasteiger partial charge on any atom is -0.413 e. The topological polar surface area (TPSA) is 172 Å². The van der Waals surface area contributed by atoms with E-state index < -0.39 is 44.1 Å². The SMILES string of the molecule is CC(C)NP(=O)(OC[C@H]1O[C@@H](n2ccc(N)nc2=O)[C@](C)(F)[C@H]1O)Oc1ccccc1.O=C=O. The van der Waals surface area contributed by atoms with Gasteiger partial charge in [0.25, 0.3) is 0 Å². The molecule has 186 valence electrons. The molecule has 0 bridgehead atoms. The molecule has 2 aromatic rings. The molecule has 12 nitrogen and oxygen atoms in total. The minimum absolute atomic E-state index is 0.0287. The predicted molar refractivity (Wildman–Crippen MR) is 116 cm³/mol. The lowest BCUT2D eigenvalue weighted by atomic mass is 9.98. The molecule has 3 rings (SSSR count). The molecule has 0 amide bonds. The summed E-state index contributed by atoms with van der Waals surface area (Å²) in [5, 5.41) is 13.2. The van der Waals surface area contributed by atoms with Crippen molar-refractivity contribution < 1.29 is 37.4 Å². The molecule has 34 heavy (non-hydrogen) atoms. The fourth-order valence-corrected chi connectivity index (χ4v) is 4.71. The summed E-state index contributed by atoms with van der Waals surface area (Å²) < 4.78 is 46.0. The molecule has 0 spiro atoms. The molecule has 1 aliphatic rings. The predicted octanol–water partition coefficient (Wildman–Crippen LogP) is 1.43. The first-order valence-electron chi connectivity index (χ1n) is 10.1. The highest BCUT2D eigenvalue weighted by molar-refractivity contribution is 7.52. The number of nitrogens with zero attached hydrogens (tertiary/aromatic N) is 2. The van der Waals surface area contributed by atoms with Gasteiger partial charge in [-0.2, -0.15) is 14.6 Å². The van der Waals surface area contributed by atoms with Gasteiger partial charge in [-0.25, -0.2) is 18.8 Å². The van der Waals surface area contributed by atoms with Gasteiger partial charge in [0.05, 0.1) is 6.61 Å². The van der Waals surface area contributed by atoms with E-state index in [1.807, 2.05) is 0 Å². The third-order valence-corrected chi connectivity index (χ3v) is 6.39. The van der Waals surface area contributed by atoms with E-state index in [4.69, 9.17) is 29.1 Å². The average Bonchev–Trinajstić information content (AvgIpc) is 2.96. The van der Waals surface area contributed by atoms with Gasteiger partial charge in [-0.1, -0.05) is 18.2 Å². The second-order valence-electron chi connectivity index (χ2n) is 7.73. The molecule has 0 radical (unpaired) electrons. The van der Waals surface area contributed by atoms with Crippen molar-refractivity contribution in [1.82, 2.24) is 14.6 Å². The third-order valence-electron chi connectivity index (χ3n) is 4.62. The number of nitrogens with two attached hydrogens (primary N) is 1. The number of anilines is 1. The third kappa shape index (κ3) is 6.80. The van der Waals surface area contributed by atoms with Crippen molar-refractivity contribution in [3.8, 4) is 5.75 Å². The number of hydrogen-bond acceptors (Lipinski definition) is 10. The van der Waals surface area contributed by atoms with Crippen LogP contribution in [-0.4, -0.2) is 51.3 Å². The Kier molecular flexibility index (Phi) is 9.22. The van der Waals surface area contributed by atoms with Crippen molar-refractivity contribution in [2.45, 2.75) is 50.9 Å². The van der Waals surface area contributed by atoms with Gasteiger partial charge >= 0.3 is 19.6 Å². The first-order valence-corrected chi connectivity index (χ1v) is 11.6. The molecular formula is C20H26FN4O8P. The summed E-state index contributed by atoms with van der Waals surface area (Å²) in [7, 11) is -3.89. The number of aliphatic hydroxyl groups is 1. The van der Waals surface area contributed by atoms with Crippen LogP contribution >= 0.6 is 7.75 Å². The van der Waals surface area contributed by atoms with Gasteiger partial charge in [0.15, 0.2) is 11.9 Å². The Morgan fingerprint density at radius 1 is 1.35 bits per heavy atom. The molecular weight excluding hydrogens is 474 g/mol. The molecule has 1 unspecified atom stereocenters. The van der Waals surface area contributed by atoms with Gasteiger partial charge < -0.3 is 20.1 Å². The lowest BCUT2D eigenvalue weighted by Crippen LogP contribution is -2.43. The average molecular weight is 500 g/mol. The highest BCUT2D eigenvalue weighted by atomic mass is 31.2. The lowest BCUT2D eigenvalue weighted by molar-refractivity contribution is -0.191. The maximum atomic E-state index is 15.3. The fourth-order valence-electron chi connectivity index (χ4n) is 3.15. The van der Waals surface area contributed by atoms with E-state index in [-0.39, 0.29) is 18.0 Å². The van der Waals surface area contributed by atoms with Crippen LogP contribution < -0.4 is 21.0 Å². The molecule has 14 heteroatoms. The van der Waals surface area contributed by atoms with E-state index in [1.165, 1.54) is 12.3 Å². The molecule has 1 aromatic carbocycles. The van der Waals surface area contributed by atoms with E-state index in [9.17, 15) is 14.5 Å². The van der Waals surface area contributed by atoms with Crippen molar-refractivity contribution in [2.75, 3.05) is 12.3 Å². The van der Waals surface area contributed by atoms with Gasteiger partial charge in [0.1, 0.15) is 23.8 Å². The molecule has 4 N–H and O–H groups in total. The normalized spacial score (nSPS) is 25.6. The van der Waals surface area contributed by atoms with Crippen LogP contribution in [-0.2, 0) is 23.4 Å². The summed E-state index contributed by atoms with van der Waals surface area (Å²) in [6.07, 6.45) is -2.91. The number of carbonyl (C=O) groups excluding carboxylic acids is 2. The van der Waals surface area contributed by atoms with Crippen LogP contribution in [0.25, 0.3) is 0 Å². The van der Waals surface area contributed by atoms with E-state index in [1.54, 1.807) is 44.2 Å². The number of para-hydroxylation sites is 1. The van der Waals surface area contributed by atoms with Crippen molar-refractivity contribution in [3.63, 3.8) is 0 Å². The highest BCUT2D eigenvalue weighted by Gasteiger charge is 2.55. The Hall–Kier alpha value is -2.92. The number of nitrogen functional groups attached to an aromatic ring is 1. The number of rotatable bonds is 8. The molecule has 1 fully saturated rings. The van der Waals surface area contributed by atoms with E-state index >= 15 is 4.39 Å². The number of benzene rings is 1. The van der Waals surface area contributed by atoms with Crippen LogP contribution in [0.1, 0.15) is 27.0 Å². The Morgan fingerprint density at radius 2 is 1.97 bits per heavy atom. The standard InChI is InChI=1S/C19H26FN4O6P.CO2/c1-12(2)23-31(27,30-13-7-5-4-6-8-13)28-11-14-16(25)19(3,20)17(29-14)24-10-9-15(21)22-18(24)26;2-1-3/h4-10,12,14,16-17,25H,11H2,1-3H3,(H,23,27)(H2,21,22,26);/t14-,16+,17-,19-,31?;/m1./s1. The fraction of sp³-hybridized carbons (Fsp3) is 0.450. The van der Waals surface area contributed by atoms with E-state index in [0.717, 1.165) is 11.5 Å². The molecule has 0 saturated carbocycles. The van der Waals surface area contributed by atoms with Crippen molar-refractivity contribution in [2.24, 2.45) is 0 Å². The molecule has 1 aromatic heterocycles. The van der Waals surface area contributed by atoms with Crippen molar-refractivity contribution in [3.05, 3.63) is 53.1 Å². The Bertz CT molecular complexity index is 1090. The largest absolute Gasteiger partial charge is 0.459 e. The first-order chi connectivity index (χ1) is 15.9. The maximum Gasteiger partial charge on any atom is 0.459 e. The zero-order chi connectivity index (χ0) is 25.5. The smallest absolute Gasteiger partial charge is 0.413 e. The number of alkyl halides is 1. The van der Waals surface area contributed by atoms with Crippen molar-refractivity contribution >= 4 is 19.7 Å². The Balaban J connectivity index is 0.00000129. The van der Waals surface area contributed by atoms with Crippen LogP contribution in [0.2, 0.25) is 0 Å². The van der Waals surface area contributed by atoms with E-state index in [2.05, 4.69) is 10.1 Å². The maximum absolute atomic E-state index is 15.3. The summed E-state index contributed by atoms with van der Waals surface area (Å²) in [5.41, 5.74) is 2.28. The highest BCUT2D eigenvalue weighted by Crippen LogP contribution is 2.47. The summed E-state index contributed by atoms with van der Waals surface area (Å²) in [6, 6.07) is 9.44. The quantitative estimate of drug-likeness (QED) is 0.448. The Morgan fingerprint density at radius 3 is 2.53 bits per heavy atom. The number of hydrogen-bond donors (Lipinski definition) is 3. The monoisotopic (exact) mass is 500 g/mol. The van der Waals surface area contributed by atoms with E-state index in [0.29, 0.717) is 5.75 Å². The molecule has 1 aliphatic heterocycles. The zero-order valence-electron chi connectivity index (χ0n) is 18.7. The van der Waals surface area contributed by atoms with Crippen LogP contribution in [0.3, 0.4) is 0 Å². The van der Waals surface area contributed by atoms with Crippen LogP contribution in [0.5, 0.6) is 5.75 Å².